The number of nitrogens with zero attached hydrogens (tertiary/aromatic N) is 2. The van der Waals surface area contributed by atoms with Crippen molar-refractivity contribution in [1.29, 1.82) is 0 Å². The van der Waals surface area contributed by atoms with Crippen molar-refractivity contribution in [2.24, 2.45) is 0 Å². The number of aromatic nitrogens is 2. The minimum Gasteiger partial charge on any atom is -0.347 e. The molecule has 0 bridgehead atoms. The van der Waals surface area contributed by atoms with Gasteiger partial charge in [0.05, 0.1) is 11.6 Å². The number of carbonyl (C=O) groups is 2. The first kappa shape index (κ1) is 22.9. The summed E-state index contributed by atoms with van der Waals surface area (Å²) in [6.45, 7) is 1.58. The van der Waals surface area contributed by atoms with Crippen molar-refractivity contribution < 1.29 is 27.2 Å². The summed E-state index contributed by atoms with van der Waals surface area (Å²) in [7, 11) is 0. The molecular formula is C22H18F4N4O2. The molecule has 0 aliphatic carbocycles. The average Bonchev–Trinajstić information content (AvgIpc) is 2.78. The lowest BCUT2D eigenvalue weighted by Gasteiger charge is -2.16. The third-order valence-electron chi connectivity index (χ3n) is 4.56. The predicted octanol–water partition coefficient (Wildman–Crippen LogP) is 4.06. The van der Waals surface area contributed by atoms with Gasteiger partial charge >= 0.3 is 6.18 Å². The van der Waals surface area contributed by atoms with Crippen molar-refractivity contribution in [3.05, 3.63) is 94.8 Å². The Morgan fingerprint density at radius 2 is 1.59 bits per heavy atom. The number of carbonyl (C=O) groups excluding carboxylic acids is 2. The molecule has 0 saturated heterocycles. The first-order chi connectivity index (χ1) is 15.1. The zero-order valence-electron chi connectivity index (χ0n) is 16.8. The van der Waals surface area contributed by atoms with Gasteiger partial charge < -0.3 is 10.6 Å². The minimum absolute atomic E-state index is 0.0668. The van der Waals surface area contributed by atoms with Gasteiger partial charge in [-0.1, -0.05) is 24.3 Å². The SMILES string of the molecule is CC(NC(=O)c1nccnc1C(=O)NCc1ccc(F)cc1)c1cccc(C(F)(F)F)c1. The maximum atomic E-state index is 13.0. The highest BCUT2D eigenvalue weighted by atomic mass is 19.4. The summed E-state index contributed by atoms with van der Waals surface area (Å²) in [6.07, 6.45) is -2.05. The topological polar surface area (TPSA) is 84.0 Å². The van der Waals surface area contributed by atoms with Crippen LogP contribution in [0.25, 0.3) is 0 Å². The van der Waals surface area contributed by atoms with Gasteiger partial charge in [-0.2, -0.15) is 13.2 Å². The monoisotopic (exact) mass is 446 g/mol. The summed E-state index contributed by atoms with van der Waals surface area (Å²) in [5.74, 6) is -1.86. The van der Waals surface area contributed by atoms with Gasteiger partial charge in [0.15, 0.2) is 11.4 Å². The third-order valence-corrected chi connectivity index (χ3v) is 4.56. The third kappa shape index (κ3) is 5.65. The van der Waals surface area contributed by atoms with Crippen LogP contribution in [0, 0.1) is 5.82 Å². The number of nitrogens with one attached hydrogen (secondary N) is 2. The Hall–Kier alpha value is -3.82. The summed E-state index contributed by atoms with van der Waals surface area (Å²) in [6, 6.07) is 9.28. The Morgan fingerprint density at radius 3 is 2.22 bits per heavy atom. The van der Waals surface area contributed by atoms with E-state index in [0.29, 0.717) is 5.56 Å². The molecular weight excluding hydrogens is 428 g/mol. The molecule has 3 aromatic rings. The zero-order chi connectivity index (χ0) is 23.3. The van der Waals surface area contributed by atoms with Crippen LogP contribution in [0.4, 0.5) is 17.6 Å². The fourth-order valence-corrected chi connectivity index (χ4v) is 2.87. The lowest BCUT2D eigenvalue weighted by Crippen LogP contribution is -2.32. The molecule has 10 heteroatoms. The van der Waals surface area contributed by atoms with Crippen LogP contribution in [0.3, 0.4) is 0 Å². The number of alkyl halides is 3. The van der Waals surface area contributed by atoms with Crippen LogP contribution < -0.4 is 10.6 Å². The van der Waals surface area contributed by atoms with Crippen LogP contribution in [0.1, 0.15) is 50.6 Å². The van der Waals surface area contributed by atoms with Crippen molar-refractivity contribution >= 4 is 11.8 Å². The van der Waals surface area contributed by atoms with Gasteiger partial charge in [0.2, 0.25) is 0 Å². The largest absolute Gasteiger partial charge is 0.416 e. The van der Waals surface area contributed by atoms with Crippen molar-refractivity contribution in [3.8, 4) is 0 Å². The van der Waals surface area contributed by atoms with Gasteiger partial charge in [-0.3, -0.25) is 9.59 Å². The van der Waals surface area contributed by atoms with Gasteiger partial charge in [0.25, 0.3) is 11.8 Å². The van der Waals surface area contributed by atoms with Crippen LogP contribution in [0.5, 0.6) is 0 Å². The van der Waals surface area contributed by atoms with Crippen molar-refractivity contribution in [1.82, 2.24) is 20.6 Å². The second-order valence-corrected chi connectivity index (χ2v) is 6.88. The molecule has 2 aromatic carbocycles. The summed E-state index contributed by atoms with van der Waals surface area (Å²) in [5, 5.41) is 5.11. The van der Waals surface area contributed by atoms with Gasteiger partial charge in [-0.25, -0.2) is 14.4 Å². The van der Waals surface area contributed by atoms with Crippen LogP contribution >= 0.6 is 0 Å². The van der Waals surface area contributed by atoms with Crippen LogP contribution in [-0.2, 0) is 12.7 Å². The second kappa shape index (κ2) is 9.54. The molecule has 0 saturated carbocycles. The molecule has 1 aromatic heterocycles. The van der Waals surface area contributed by atoms with E-state index in [1.807, 2.05) is 0 Å². The van der Waals surface area contributed by atoms with Gasteiger partial charge in [-0.05, 0) is 42.3 Å². The number of benzene rings is 2. The Bertz CT molecular complexity index is 1120. The molecule has 6 nitrogen and oxygen atoms in total. The fraction of sp³-hybridized carbons (Fsp3) is 0.182. The summed E-state index contributed by atoms with van der Waals surface area (Å²) in [4.78, 5) is 33.0. The molecule has 0 radical (unpaired) electrons. The molecule has 3 rings (SSSR count). The quantitative estimate of drug-likeness (QED) is 0.560. The van der Waals surface area contributed by atoms with E-state index in [2.05, 4.69) is 20.6 Å². The maximum absolute atomic E-state index is 13.0. The standard InChI is InChI=1S/C22H18F4N4O2/c1-13(15-3-2-4-16(11-15)22(24,25)26)30-21(32)19-18(27-9-10-28-19)20(31)29-12-14-5-7-17(23)8-6-14/h2-11,13H,12H2,1H3,(H,29,31)(H,30,32). The van der Waals surface area contributed by atoms with E-state index < -0.39 is 35.4 Å². The highest BCUT2D eigenvalue weighted by Crippen LogP contribution is 2.30. The molecule has 0 aliphatic rings. The Balaban J connectivity index is 1.72. The summed E-state index contributed by atoms with van der Waals surface area (Å²) < 4.78 is 51.8. The average molecular weight is 446 g/mol. The molecule has 1 heterocycles. The van der Waals surface area contributed by atoms with Crippen LogP contribution in [0.2, 0.25) is 0 Å². The number of halogens is 4. The lowest BCUT2D eigenvalue weighted by atomic mass is 10.0. The number of rotatable bonds is 6. The molecule has 0 fully saturated rings. The normalized spacial score (nSPS) is 12.2. The van der Waals surface area contributed by atoms with Crippen LogP contribution in [-0.4, -0.2) is 21.8 Å². The maximum Gasteiger partial charge on any atom is 0.416 e. The van der Waals surface area contributed by atoms with Crippen molar-refractivity contribution in [3.63, 3.8) is 0 Å². The van der Waals surface area contributed by atoms with E-state index in [-0.39, 0.29) is 23.5 Å². The Kier molecular flexibility index (Phi) is 6.82. The molecule has 32 heavy (non-hydrogen) atoms. The summed E-state index contributed by atoms with van der Waals surface area (Å²) >= 11 is 0. The molecule has 2 N–H and O–H groups in total. The molecule has 0 spiro atoms. The number of amides is 2. The Labute approximate surface area is 180 Å². The summed E-state index contributed by atoms with van der Waals surface area (Å²) in [5.41, 5.74) is -0.491. The molecule has 2 amide bonds. The molecule has 1 atom stereocenters. The van der Waals surface area contributed by atoms with E-state index in [9.17, 15) is 27.2 Å². The van der Waals surface area contributed by atoms with E-state index in [0.717, 1.165) is 12.1 Å². The Morgan fingerprint density at radius 1 is 0.969 bits per heavy atom. The smallest absolute Gasteiger partial charge is 0.347 e. The predicted molar refractivity (Wildman–Crippen MR) is 107 cm³/mol. The molecule has 166 valence electrons. The van der Waals surface area contributed by atoms with Gasteiger partial charge in [-0.15, -0.1) is 0 Å². The number of hydrogen-bond acceptors (Lipinski definition) is 4. The van der Waals surface area contributed by atoms with Crippen molar-refractivity contribution in [2.45, 2.75) is 25.7 Å². The van der Waals surface area contributed by atoms with E-state index in [1.54, 1.807) is 0 Å². The highest BCUT2D eigenvalue weighted by molar-refractivity contribution is 6.04. The van der Waals surface area contributed by atoms with Gasteiger partial charge in [0, 0.05) is 18.9 Å². The van der Waals surface area contributed by atoms with Gasteiger partial charge in [0.1, 0.15) is 5.82 Å². The molecule has 1 unspecified atom stereocenters. The first-order valence-corrected chi connectivity index (χ1v) is 9.47. The van der Waals surface area contributed by atoms with Crippen molar-refractivity contribution in [2.75, 3.05) is 0 Å². The zero-order valence-corrected chi connectivity index (χ0v) is 16.8. The first-order valence-electron chi connectivity index (χ1n) is 9.47. The van der Waals surface area contributed by atoms with Crippen LogP contribution in [0.15, 0.2) is 60.9 Å². The van der Waals surface area contributed by atoms with E-state index >= 15 is 0 Å². The van der Waals surface area contributed by atoms with E-state index in [1.165, 1.54) is 55.7 Å². The second-order valence-electron chi connectivity index (χ2n) is 6.88. The van der Waals surface area contributed by atoms with E-state index in [4.69, 9.17) is 0 Å². The lowest BCUT2D eigenvalue weighted by molar-refractivity contribution is -0.137. The minimum atomic E-state index is -4.51. The number of hydrogen-bond donors (Lipinski definition) is 2. The highest BCUT2D eigenvalue weighted by Gasteiger charge is 2.31. The molecule has 0 aliphatic heterocycles. The fourth-order valence-electron chi connectivity index (χ4n) is 2.87.